The molecule has 0 bridgehead atoms. The van der Waals surface area contributed by atoms with E-state index in [0.717, 1.165) is 22.9 Å². The third-order valence-electron chi connectivity index (χ3n) is 5.57. The van der Waals surface area contributed by atoms with E-state index in [1.165, 1.54) is 28.6 Å². The summed E-state index contributed by atoms with van der Waals surface area (Å²) in [5.74, 6) is -0.295. The Labute approximate surface area is 213 Å². The Morgan fingerprint density at radius 3 is 2.06 bits per heavy atom. The van der Waals surface area contributed by atoms with Crippen LogP contribution in [0.2, 0.25) is 0 Å². The maximum absolute atomic E-state index is 12.8. The van der Waals surface area contributed by atoms with E-state index in [9.17, 15) is 21.6 Å². The fraction of sp³-hybridized carbons (Fsp3) is 0.269. The molecule has 0 atom stereocenters. The summed E-state index contributed by atoms with van der Waals surface area (Å²) in [5.41, 5.74) is 4.28. The Morgan fingerprint density at radius 1 is 0.833 bits per heavy atom. The van der Waals surface area contributed by atoms with Crippen molar-refractivity contribution in [3.63, 3.8) is 0 Å². The number of nitrogens with one attached hydrogen (secondary N) is 2. The standard InChI is InChI=1S/C26H31N3O5S2/c1-19-8-13-23(14-9-19)29(35(4,31)32)17-5-6-26(30)27-22-11-15-24(16-12-22)36(33,34)28-25-18-20(2)7-10-21(25)3/h7-16,18,28H,5-6,17H2,1-4H3,(H,27,30). The molecular weight excluding hydrogens is 498 g/mol. The van der Waals surface area contributed by atoms with Crippen LogP contribution in [0.25, 0.3) is 0 Å². The van der Waals surface area contributed by atoms with Gasteiger partial charge in [0.15, 0.2) is 0 Å². The second-order valence-corrected chi connectivity index (χ2v) is 12.4. The molecule has 3 aromatic rings. The van der Waals surface area contributed by atoms with Crippen LogP contribution in [-0.4, -0.2) is 35.5 Å². The molecule has 0 aliphatic heterocycles. The summed E-state index contributed by atoms with van der Waals surface area (Å²) in [6.45, 7) is 5.79. The Kier molecular flexibility index (Phi) is 8.42. The van der Waals surface area contributed by atoms with Gasteiger partial charge in [-0.25, -0.2) is 16.8 Å². The van der Waals surface area contributed by atoms with Crippen molar-refractivity contribution in [1.82, 2.24) is 0 Å². The lowest BCUT2D eigenvalue weighted by atomic mass is 10.1. The summed E-state index contributed by atoms with van der Waals surface area (Å²) in [7, 11) is -7.29. The molecule has 0 heterocycles. The van der Waals surface area contributed by atoms with Crippen molar-refractivity contribution in [2.24, 2.45) is 0 Å². The smallest absolute Gasteiger partial charge is 0.261 e. The minimum Gasteiger partial charge on any atom is -0.326 e. The second-order valence-electron chi connectivity index (χ2n) is 8.77. The van der Waals surface area contributed by atoms with Crippen molar-refractivity contribution in [3.8, 4) is 0 Å². The first kappa shape index (κ1) is 27.2. The van der Waals surface area contributed by atoms with Gasteiger partial charge in [0, 0.05) is 18.7 Å². The fourth-order valence-electron chi connectivity index (χ4n) is 3.57. The number of hydrogen-bond donors (Lipinski definition) is 2. The van der Waals surface area contributed by atoms with Crippen LogP contribution in [0.3, 0.4) is 0 Å². The summed E-state index contributed by atoms with van der Waals surface area (Å²) in [5, 5.41) is 2.72. The van der Waals surface area contributed by atoms with Gasteiger partial charge in [-0.2, -0.15) is 0 Å². The van der Waals surface area contributed by atoms with Gasteiger partial charge in [0.1, 0.15) is 0 Å². The van der Waals surface area contributed by atoms with Gasteiger partial charge in [-0.15, -0.1) is 0 Å². The Morgan fingerprint density at radius 2 is 1.44 bits per heavy atom. The first-order chi connectivity index (χ1) is 16.8. The van der Waals surface area contributed by atoms with Crippen LogP contribution in [0.4, 0.5) is 17.1 Å². The van der Waals surface area contributed by atoms with E-state index >= 15 is 0 Å². The SMILES string of the molecule is Cc1ccc(N(CCCC(=O)Nc2ccc(S(=O)(=O)Nc3cc(C)ccc3C)cc2)S(C)(=O)=O)cc1. The van der Waals surface area contributed by atoms with Crippen LogP contribution >= 0.6 is 0 Å². The molecule has 2 N–H and O–H groups in total. The molecule has 8 nitrogen and oxygen atoms in total. The minimum atomic E-state index is -3.79. The zero-order valence-electron chi connectivity index (χ0n) is 20.8. The van der Waals surface area contributed by atoms with Crippen LogP contribution in [-0.2, 0) is 24.8 Å². The number of anilines is 3. The lowest BCUT2D eigenvalue weighted by Gasteiger charge is -2.22. The highest BCUT2D eigenvalue weighted by Crippen LogP contribution is 2.23. The number of sulfonamides is 2. The maximum Gasteiger partial charge on any atom is 0.261 e. The van der Waals surface area contributed by atoms with Crippen molar-refractivity contribution in [2.45, 2.75) is 38.5 Å². The zero-order chi connectivity index (χ0) is 26.5. The largest absolute Gasteiger partial charge is 0.326 e. The van der Waals surface area contributed by atoms with Crippen molar-refractivity contribution < 1.29 is 21.6 Å². The monoisotopic (exact) mass is 529 g/mol. The molecule has 0 aromatic heterocycles. The van der Waals surface area contributed by atoms with Crippen LogP contribution in [0.15, 0.2) is 71.6 Å². The van der Waals surface area contributed by atoms with Gasteiger partial charge in [0.05, 0.1) is 22.5 Å². The van der Waals surface area contributed by atoms with E-state index in [1.807, 2.05) is 45.0 Å². The topological polar surface area (TPSA) is 113 Å². The minimum absolute atomic E-state index is 0.0725. The molecule has 0 aliphatic carbocycles. The Balaban J connectivity index is 1.58. The summed E-state index contributed by atoms with van der Waals surface area (Å²) >= 11 is 0. The number of aryl methyl sites for hydroxylation is 3. The molecule has 10 heteroatoms. The van der Waals surface area contributed by atoms with Crippen molar-refractivity contribution >= 4 is 43.0 Å². The molecule has 192 valence electrons. The predicted octanol–water partition coefficient (Wildman–Crippen LogP) is 4.60. The van der Waals surface area contributed by atoms with Gasteiger partial charge >= 0.3 is 0 Å². The lowest BCUT2D eigenvalue weighted by molar-refractivity contribution is -0.116. The first-order valence-corrected chi connectivity index (χ1v) is 14.7. The molecule has 36 heavy (non-hydrogen) atoms. The summed E-state index contributed by atoms with van der Waals surface area (Å²) in [4.78, 5) is 12.5. The molecule has 3 aromatic carbocycles. The summed E-state index contributed by atoms with van der Waals surface area (Å²) in [6, 6.07) is 18.6. The number of hydrogen-bond acceptors (Lipinski definition) is 5. The quantitative estimate of drug-likeness (QED) is 0.399. The molecule has 0 unspecified atom stereocenters. The van der Waals surface area contributed by atoms with E-state index in [2.05, 4.69) is 10.0 Å². The second kappa shape index (κ2) is 11.1. The van der Waals surface area contributed by atoms with Gasteiger partial charge in [0.25, 0.3) is 10.0 Å². The number of nitrogens with zero attached hydrogens (tertiary/aromatic N) is 1. The van der Waals surface area contributed by atoms with Gasteiger partial charge in [0.2, 0.25) is 15.9 Å². The van der Waals surface area contributed by atoms with E-state index in [0.29, 0.717) is 23.5 Å². The predicted molar refractivity (Wildman–Crippen MR) is 144 cm³/mol. The Hall–Kier alpha value is -3.37. The van der Waals surface area contributed by atoms with Crippen LogP contribution in [0, 0.1) is 20.8 Å². The molecule has 1 amide bonds. The Bertz CT molecular complexity index is 1430. The van der Waals surface area contributed by atoms with Gasteiger partial charge in [-0.3, -0.25) is 13.8 Å². The third-order valence-corrected chi connectivity index (χ3v) is 8.15. The van der Waals surface area contributed by atoms with E-state index in [-0.39, 0.29) is 23.8 Å². The molecule has 0 saturated carbocycles. The average Bonchev–Trinajstić information content (AvgIpc) is 2.79. The number of benzene rings is 3. The molecule has 0 aliphatic rings. The average molecular weight is 530 g/mol. The van der Waals surface area contributed by atoms with E-state index in [1.54, 1.807) is 18.2 Å². The first-order valence-electron chi connectivity index (χ1n) is 11.4. The van der Waals surface area contributed by atoms with Crippen LogP contribution in [0.1, 0.15) is 29.5 Å². The number of carbonyl (C=O) groups excluding carboxylic acids is 1. The normalized spacial score (nSPS) is 11.7. The van der Waals surface area contributed by atoms with Gasteiger partial charge < -0.3 is 5.32 Å². The van der Waals surface area contributed by atoms with Crippen molar-refractivity contribution in [2.75, 3.05) is 27.1 Å². The highest BCUT2D eigenvalue weighted by molar-refractivity contribution is 7.92. The number of rotatable bonds is 10. The van der Waals surface area contributed by atoms with Gasteiger partial charge in [-0.05, 0) is 80.8 Å². The highest BCUT2D eigenvalue weighted by atomic mass is 32.2. The third kappa shape index (κ3) is 7.32. The summed E-state index contributed by atoms with van der Waals surface area (Å²) in [6.07, 6.45) is 1.56. The van der Waals surface area contributed by atoms with Crippen LogP contribution in [0.5, 0.6) is 0 Å². The number of amides is 1. The molecule has 0 fully saturated rings. The molecule has 0 radical (unpaired) electrons. The zero-order valence-corrected chi connectivity index (χ0v) is 22.4. The molecule has 3 rings (SSSR count). The van der Waals surface area contributed by atoms with Crippen molar-refractivity contribution in [3.05, 3.63) is 83.4 Å². The number of carbonyl (C=O) groups is 1. The highest BCUT2D eigenvalue weighted by Gasteiger charge is 2.18. The fourth-order valence-corrected chi connectivity index (χ4v) is 5.66. The van der Waals surface area contributed by atoms with E-state index in [4.69, 9.17) is 0 Å². The lowest BCUT2D eigenvalue weighted by Crippen LogP contribution is -2.31. The summed E-state index contributed by atoms with van der Waals surface area (Å²) < 4.78 is 53.9. The van der Waals surface area contributed by atoms with Crippen molar-refractivity contribution in [1.29, 1.82) is 0 Å². The van der Waals surface area contributed by atoms with E-state index < -0.39 is 20.0 Å². The maximum atomic E-state index is 12.8. The molecular formula is C26H31N3O5S2. The van der Waals surface area contributed by atoms with Crippen LogP contribution < -0.4 is 14.3 Å². The molecule has 0 saturated heterocycles. The molecule has 0 spiro atoms. The van der Waals surface area contributed by atoms with Gasteiger partial charge in [-0.1, -0.05) is 29.8 Å².